The molecule has 9 heteroatoms. The van der Waals surface area contributed by atoms with Crippen LogP contribution < -0.4 is 16.0 Å². The predicted octanol–water partition coefficient (Wildman–Crippen LogP) is 1.46. The Labute approximate surface area is 132 Å². The van der Waals surface area contributed by atoms with Crippen LogP contribution in [0.3, 0.4) is 0 Å². The Hall–Kier alpha value is -2.09. The lowest BCUT2D eigenvalue weighted by molar-refractivity contribution is -0.333. The second kappa shape index (κ2) is 6.35. The number of imidazole rings is 1. The number of halogens is 1. The summed E-state index contributed by atoms with van der Waals surface area (Å²) in [7, 11) is 0. The van der Waals surface area contributed by atoms with Crippen molar-refractivity contribution in [1.29, 1.82) is 0 Å². The Morgan fingerprint density at radius 1 is 1.45 bits per heavy atom. The molecular weight excluding hydrogens is 308 g/mol. The number of hydrogen-bond acceptors (Lipinski definition) is 5. The number of rotatable bonds is 4. The lowest BCUT2D eigenvalue weighted by atomic mass is 10.2. The monoisotopic (exact) mass is 327 g/mol. The van der Waals surface area contributed by atoms with Gasteiger partial charge in [-0.1, -0.05) is 4.98 Å². The first kappa shape index (κ1) is 16.3. The molecule has 0 aliphatic heterocycles. The minimum Gasteiger partial charge on any atom is -0.444 e. The zero-order valence-corrected chi connectivity index (χ0v) is 13.5. The molecule has 0 fully saturated rings. The van der Waals surface area contributed by atoms with Gasteiger partial charge in [0.05, 0.1) is 0 Å². The van der Waals surface area contributed by atoms with E-state index in [2.05, 4.69) is 25.3 Å². The van der Waals surface area contributed by atoms with Crippen molar-refractivity contribution < 1.29 is 14.5 Å². The van der Waals surface area contributed by atoms with Gasteiger partial charge in [0, 0.05) is 13.0 Å². The summed E-state index contributed by atoms with van der Waals surface area (Å²) >= 11 is 5.98. The molecule has 0 atom stereocenters. The first-order valence-corrected chi connectivity index (χ1v) is 7.32. The maximum atomic E-state index is 11.5. The second-order valence-electron chi connectivity index (χ2n) is 5.85. The number of aromatic nitrogens is 4. The Morgan fingerprint density at radius 3 is 2.86 bits per heavy atom. The molecule has 5 N–H and O–H groups in total. The number of fused-ring (bicyclic) bond motifs is 1. The largest absolute Gasteiger partial charge is 0.444 e. The lowest BCUT2D eigenvalue weighted by Crippen LogP contribution is -2.33. The van der Waals surface area contributed by atoms with Crippen molar-refractivity contribution in [1.82, 2.24) is 20.3 Å². The summed E-state index contributed by atoms with van der Waals surface area (Å²) in [5.41, 5.74) is 6.25. The van der Waals surface area contributed by atoms with Gasteiger partial charge in [-0.3, -0.25) is 0 Å². The molecule has 0 aliphatic rings. The smallest absolute Gasteiger partial charge is 0.407 e. The number of hydrogen-bond donors (Lipinski definition) is 3. The fourth-order valence-electron chi connectivity index (χ4n) is 1.85. The van der Waals surface area contributed by atoms with Gasteiger partial charge in [0.2, 0.25) is 5.15 Å². The Balaban J connectivity index is 1.85. The van der Waals surface area contributed by atoms with Gasteiger partial charge in [-0.25, -0.2) is 9.78 Å². The molecule has 0 aromatic carbocycles. The molecule has 1 amide bonds. The van der Waals surface area contributed by atoms with Crippen LogP contribution in [-0.4, -0.2) is 33.2 Å². The molecule has 0 saturated heterocycles. The molecule has 2 aromatic rings. The molecule has 0 radical (unpaired) electrons. The van der Waals surface area contributed by atoms with Crippen LogP contribution in [-0.2, 0) is 11.2 Å². The van der Waals surface area contributed by atoms with Crippen LogP contribution in [0.2, 0.25) is 5.15 Å². The van der Waals surface area contributed by atoms with Gasteiger partial charge >= 0.3 is 12.0 Å². The maximum Gasteiger partial charge on any atom is 0.407 e. The zero-order valence-electron chi connectivity index (χ0n) is 12.8. The molecule has 2 rings (SSSR count). The molecule has 0 saturated carbocycles. The normalized spacial score (nSPS) is 11.6. The third-order valence-corrected chi connectivity index (χ3v) is 2.96. The van der Waals surface area contributed by atoms with Crippen LogP contribution in [0.4, 0.5) is 10.7 Å². The van der Waals surface area contributed by atoms with Crippen molar-refractivity contribution in [3.05, 3.63) is 11.0 Å². The van der Waals surface area contributed by atoms with Gasteiger partial charge < -0.3 is 20.8 Å². The van der Waals surface area contributed by atoms with E-state index in [1.807, 2.05) is 20.8 Å². The fourth-order valence-corrected chi connectivity index (χ4v) is 2.08. The number of ether oxygens (including phenoxy) is 1. The minimum atomic E-state index is -0.498. The third kappa shape index (κ3) is 4.45. The number of carbonyl (C=O) groups excluding carboxylic acids is 1. The first-order valence-electron chi connectivity index (χ1n) is 6.94. The highest BCUT2D eigenvalue weighted by Gasteiger charge is 2.17. The van der Waals surface area contributed by atoms with Gasteiger partial charge in [-0.2, -0.15) is 0 Å². The van der Waals surface area contributed by atoms with E-state index >= 15 is 0 Å². The highest BCUT2D eigenvalue weighted by atomic mass is 35.5. The molecule has 0 unspecified atom stereocenters. The topological polar surface area (TPSA) is 120 Å². The van der Waals surface area contributed by atoms with Gasteiger partial charge in [0.25, 0.3) is 5.65 Å². The quantitative estimate of drug-likeness (QED) is 0.580. The number of nitrogens with zero attached hydrogens (tertiary/aromatic N) is 2. The molecule has 2 aromatic heterocycles. The third-order valence-electron chi connectivity index (χ3n) is 2.68. The summed E-state index contributed by atoms with van der Waals surface area (Å²) in [5.74, 6) is 0.952. The van der Waals surface area contributed by atoms with Crippen LogP contribution in [0.25, 0.3) is 11.2 Å². The number of alkyl carbamates (subject to hydrolysis) is 1. The Bertz CT molecular complexity index is 679. The van der Waals surface area contributed by atoms with E-state index in [0.717, 1.165) is 5.82 Å². The number of nitrogen functional groups attached to an aromatic ring is 1. The lowest BCUT2D eigenvalue weighted by Gasteiger charge is -2.19. The van der Waals surface area contributed by atoms with Crippen molar-refractivity contribution in [2.24, 2.45) is 0 Å². The Kier molecular flexibility index (Phi) is 4.70. The van der Waals surface area contributed by atoms with E-state index in [1.54, 1.807) is 0 Å². The van der Waals surface area contributed by atoms with Gasteiger partial charge in [0.15, 0.2) is 11.3 Å². The number of carbonyl (C=O) groups is 1. The van der Waals surface area contributed by atoms with Gasteiger partial charge in [-0.05, 0) is 38.8 Å². The second-order valence-corrected chi connectivity index (χ2v) is 6.21. The predicted molar refractivity (Wildman–Crippen MR) is 82.4 cm³/mol. The minimum absolute atomic E-state index is 0.210. The van der Waals surface area contributed by atoms with Gasteiger partial charge in [0.1, 0.15) is 5.60 Å². The number of aromatic amines is 2. The number of nitrogens with one attached hydrogen (secondary N) is 3. The van der Waals surface area contributed by atoms with E-state index in [9.17, 15) is 4.79 Å². The average molecular weight is 328 g/mol. The molecule has 120 valence electrons. The van der Waals surface area contributed by atoms with E-state index in [1.165, 1.54) is 0 Å². The summed E-state index contributed by atoms with van der Waals surface area (Å²) in [5, 5.41) is 2.97. The number of H-pyrrole nitrogens is 2. The molecule has 0 aliphatic carbocycles. The summed E-state index contributed by atoms with van der Waals surface area (Å²) in [6.45, 7) is 5.95. The number of amides is 1. The van der Waals surface area contributed by atoms with Crippen molar-refractivity contribution in [2.75, 3.05) is 12.3 Å². The van der Waals surface area contributed by atoms with E-state index in [4.69, 9.17) is 22.1 Å². The fraction of sp³-hybridized carbons (Fsp3) is 0.538. The first-order chi connectivity index (χ1) is 10.2. The molecule has 22 heavy (non-hydrogen) atoms. The maximum absolute atomic E-state index is 11.5. The van der Waals surface area contributed by atoms with E-state index in [0.29, 0.717) is 30.6 Å². The van der Waals surface area contributed by atoms with Crippen LogP contribution in [0.1, 0.15) is 33.0 Å². The molecule has 0 spiro atoms. The van der Waals surface area contributed by atoms with E-state index in [-0.39, 0.29) is 11.1 Å². The number of anilines is 1. The molecular formula is C13H20ClN6O2+. The average Bonchev–Trinajstić information content (AvgIpc) is 2.75. The van der Waals surface area contributed by atoms with Gasteiger partial charge in [-0.15, -0.1) is 4.98 Å². The van der Waals surface area contributed by atoms with E-state index < -0.39 is 11.7 Å². The van der Waals surface area contributed by atoms with Crippen LogP contribution in [0, 0.1) is 0 Å². The summed E-state index contributed by atoms with van der Waals surface area (Å²) in [6.07, 6.45) is 0.930. The molecule has 2 heterocycles. The molecule has 0 bridgehead atoms. The Morgan fingerprint density at radius 2 is 2.18 bits per heavy atom. The van der Waals surface area contributed by atoms with Crippen molar-refractivity contribution in [2.45, 2.75) is 39.2 Å². The van der Waals surface area contributed by atoms with Crippen molar-refractivity contribution in [3.8, 4) is 0 Å². The van der Waals surface area contributed by atoms with Crippen LogP contribution in [0.15, 0.2) is 0 Å². The standard InChI is InChI=1S/C13H19ClN6O2/c1-13(2,3)22-12(21)16-6-4-5-7-17-8-9(14)19-11(15)20-10(8)18-7/h4-6H2,1-3H3,(H,16,21)(H3,15,17,18,19,20)/p+1. The van der Waals surface area contributed by atoms with Crippen LogP contribution in [0.5, 0.6) is 0 Å². The van der Waals surface area contributed by atoms with Crippen molar-refractivity contribution >= 4 is 34.8 Å². The SMILES string of the molecule is CC(C)(C)OC(=O)NCCCc1nc2[nH+]c(N)nc(Cl)c2[nH]1. The highest BCUT2D eigenvalue weighted by Crippen LogP contribution is 2.16. The zero-order chi connectivity index (χ0) is 16.3. The summed E-state index contributed by atoms with van der Waals surface area (Å²) in [6, 6.07) is 0. The summed E-state index contributed by atoms with van der Waals surface area (Å²) in [4.78, 5) is 25.7. The number of nitrogens with two attached hydrogens (primary N) is 1. The van der Waals surface area contributed by atoms with Crippen LogP contribution >= 0.6 is 11.6 Å². The highest BCUT2D eigenvalue weighted by molar-refractivity contribution is 6.33. The molecule has 8 nitrogen and oxygen atoms in total. The summed E-state index contributed by atoms with van der Waals surface area (Å²) < 4.78 is 5.15. The van der Waals surface area contributed by atoms with Crippen molar-refractivity contribution in [3.63, 3.8) is 0 Å². The number of aryl methyl sites for hydroxylation is 1.